The van der Waals surface area contributed by atoms with E-state index in [2.05, 4.69) is 23.8 Å². The summed E-state index contributed by atoms with van der Waals surface area (Å²) in [6.45, 7) is 5.32. The number of carbonyl (C=O) groups excluding carboxylic acids is 2. The Labute approximate surface area is 199 Å². The number of nitrogen functional groups attached to an aromatic ring is 1. The Morgan fingerprint density at radius 2 is 1.97 bits per heavy atom. The molecule has 2 amide bonds. The highest BCUT2D eigenvalue weighted by Crippen LogP contribution is 2.27. The molecule has 2 atom stereocenters. The van der Waals surface area contributed by atoms with E-state index in [1.54, 1.807) is 12.4 Å². The number of imidazole rings is 1. The summed E-state index contributed by atoms with van der Waals surface area (Å²) in [5, 5.41) is 0. The normalized spacial score (nSPS) is 16.6. The van der Waals surface area contributed by atoms with Gasteiger partial charge < -0.3 is 15.0 Å². The zero-order valence-electron chi connectivity index (χ0n) is 19.6. The van der Waals surface area contributed by atoms with Crippen LogP contribution in [0.3, 0.4) is 0 Å². The van der Waals surface area contributed by atoms with Gasteiger partial charge in [0.15, 0.2) is 0 Å². The van der Waals surface area contributed by atoms with E-state index in [1.165, 1.54) is 4.90 Å². The van der Waals surface area contributed by atoms with Gasteiger partial charge in [-0.2, -0.15) is 0 Å². The number of cyclic esters (lactones) is 1. The Hall–Kier alpha value is -3.68. The lowest BCUT2D eigenvalue weighted by Crippen LogP contribution is -2.43. The number of nitrogens with zero attached hydrogens (tertiary/aromatic N) is 4. The van der Waals surface area contributed by atoms with Crippen LogP contribution >= 0.6 is 0 Å². The van der Waals surface area contributed by atoms with Gasteiger partial charge in [0.05, 0.1) is 24.0 Å². The number of anilines is 1. The zero-order chi connectivity index (χ0) is 24.1. The van der Waals surface area contributed by atoms with E-state index < -0.39 is 12.0 Å². The molecule has 3 heterocycles. The van der Waals surface area contributed by atoms with Crippen molar-refractivity contribution in [3.05, 3.63) is 78.0 Å². The van der Waals surface area contributed by atoms with Crippen LogP contribution in [-0.2, 0) is 28.9 Å². The van der Waals surface area contributed by atoms with Gasteiger partial charge in [-0.15, -0.1) is 0 Å². The summed E-state index contributed by atoms with van der Waals surface area (Å²) in [5.41, 5.74) is 8.19. The van der Waals surface area contributed by atoms with Gasteiger partial charge in [0.25, 0.3) is 0 Å². The molecular weight excluding hydrogens is 430 g/mol. The monoisotopic (exact) mass is 461 g/mol. The Morgan fingerprint density at radius 1 is 1.18 bits per heavy atom. The Morgan fingerprint density at radius 3 is 2.71 bits per heavy atom. The predicted molar refractivity (Wildman–Crippen MR) is 129 cm³/mol. The number of hydrogen-bond donors (Lipinski definition) is 1. The lowest BCUT2D eigenvalue weighted by atomic mass is 9.96. The Bertz CT molecular complexity index is 1130. The molecule has 1 aliphatic rings. The van der Waals surface area contributed by atoms with Crippen molar-refractivity contribution in [1.82, 2.24) is 19.4 Å². The molecule has 0 radical (unpaired) electrons. The maximum atomic E-state index is 13.8. The molecular formula is C26H31N5O3. The van der Waals surface area contributed by atoms with Crippen LogP contribution in [0.15, 0.2) is 61.1 Å². The maximum absolute atomic E-state index is 13.8. The summed E-state index contributed by atoms with van der Waals surface area (Å²) in [5.74, 6) is -0.0770. The molecule has 1 saturated heterocycles. The number of amides is 2. The van der Waals surface area contributed by atoms with Crippen LogP contribution in [0, 0.1) is 5.92 Å². The molecule has 2 N–H and O–H groups in total. The SMILES string of the molecule is CC(C)CCn1cnc([C@@H](Cc2cccc(N)n2)C(=O)N2C(=O)OC[C@H]2Cc2ccccc2)c1. The standard InChI is InChI=1S/C26H31N5O3/c1-18(2)11-12-30-15-23(28-17-30)22(14-20-9-6-10-24(27)29-20)25(32)31-21(16-34-26(31)33)13-19-7-4-3-5-8-19/h3-10,15,17-18,21-22H,11-14,16H2,1-2H3,(H2,27,29)/t21-,22-/m1/s1. The third kappa shape index (κ3) is 5.62. The number of imide groups is 1. The number of ether oxygens (including phenoxy) is 1. The van der Waals surface area contributed by atoms with Gasteiger partial charge in [-0.05, 0) is 36.5 Å². The van der Waals surface area contributed by atoms with Crippen molar-refractivity contribution in [3.63, 3.8) is 0 Å². The number of pyridine rings is 1. The largest absolute Gasteiger partial charge is 0.447 e. The summed E-state index contributed by atoms with van der Waals surface area (Å²) < 4.78 is 7.29. The molecule has 3 aromatic rings. The summed E-state index contributed by atoms with van der Waals surface area (Å²) in [4.78, 5) is 36.7. The fourth-order valence-corrected chi connectivity index (χ4v) is 4.16. The van der Waals surface area contributed by atoms with E-state index in [1.807, 2.05) is 53.2 Å². The molecule has 0 spiro atoms. The first-order valence-electron chi connectivity index (χ1n) is 11.7. The summed E-state index contributed by atoms with van der Waals surface area (Å²) in [6, 6.07) is 14.8. The van der Waals surface area contributed by atoms with Crippen molar-refractivity contribution in [2.45, 2.75) is 51.6 Å². The van der Waals surface area contributed by atoms with Gasteiger partial charge in [-0.1, -0.05) is 50.2 Å². The first kappa shape index (κ1) is 23.5. The van der Waals surface area contributed by atoms with Crippen molar-refractivity contribution in [3.8, 4) is 0 Å². The van der Waals surface area contributed by atoms with E-state index in [0.717, 1.165) is 18.5 Å². The minimum absolute atomic E-state index is 0.172. The Kier molecular flexibility index (Phi) is 7.25. The van der Waals surface area contributed by atoms with Gasteiger partial charge in [-0.25, -0.2) is 19.7 Å². The van der Waals surface area contributed by atoms with Crippen LogP contribution in [0.2, 0.25) is 0 Å². The highest BCUT2D eigenvalue weighted by Gasteiger charge is 2.42. The summed E-state index contributed by atoms with van der Waals surface area (Å²) >= 11 is 0. The van der Waals surface area contributed by atoms with Crippen LogP contribution < -0.4 is 5.73 Å². The predicted octanol–water partition coefficient (Wildman–Crippen LogP) is 3.82. The second kappa shape index (κ2) is 10.5. The number of carbonyl (C=O) groups is 2. The smallest absolute Gasteiger partial charge is 0.417 e. The lowest BCUT2D eigenvalue weighted by molar-refractivity contribution is -0.130. The fraction of sp³-hybridized carbons (Fsp3) is 0.385. The number of rotatable bonds is 9. The van der Waals surface area contributed by atoms with E-state index in [0.29, 0.717) is 29.5 Å². The van der Waals surface area contributed by atoms with Gasteiger partial charge in [0.1, 0.15) is 12.4 Å². The van der Waals surface area contributed by atoms with Crippen molar-refractivity contribution < 1.29 is 14.3 Å². The van der Waals surface area contributed by atoms with Crippen LogP contribution in [0.1, 0.15) is 43.1 Å². The number of aromatic nitrogens is 3. The molecule has 2 aromatic heterocycles. The van der Waals surface area contributed by atoms with E-state index in [4.69, 9.17) is 10.5 Å². The van der Waals surface area contributed by atoms with Crippen LogP contribution in [0.25, 0.3) is 0 Å². The zero-order valence-corrected chi connectivity index (χ0v) is 19.6. The molecule has 1 fully saturated rings. The van der Waals surface area contributed by atoms with Crippen molar-refractivity contribution in [1.29, 1.82) is 0 Å². The van der Waals surface area contributed by atoms with Crippen LogP contribution in [0.4, 0.5) is 10.6 Å². The topological polar surface area (TPSA) is 103 Å². The molecule has 1 aliphatic heterocycles. The van der Waals surface area contributed by atoms with Gasteiger partial charge >= 0.3 is 6.09 Å². The molecule has 34 heavy (non-hydrogen) atoms. The van der Waals surface area contributed by atoms with Crippen molar-refractivity contribution in [2.75, 3.05) is 12.3 Å². The molecule has 178 valence electrons. The van der Waals surface area contributed by atoms with E-state index in [9.17, 15) is 9.59 Å². The van der Waals surface area contributed by atoms with E-state index in [-0.39, 0.29) is 25.0 Å². The van der Waals surface area contributed by atoms with Crippen molar-refractivity contribution in [2.24, 2.45) is 5.92 Å². The number of aryl methyl sites for hydroxylation is 1. The second-order valence-electron chi connectivity index (χ2n) is 9.16. The number of hydrogen-bond acceptors (Lipinski definition) is 6. The summed E-state index contributed by atoms with van der Waals surface area (Å²) in [6.07, 6.45) is 4.84. The number of nitrogens with two attached hydrogens (primary N) is 1. The van der Waals surface area contributed by atoms with Gasteiger partial charge in [0.2, 0.25) is 5.91 Å². The average Bonchev–Trinajstić information content (AvgIpc) is 3.43. The fourth-order valence-electron chi connectivity index (χ4n) is 4.16. The molecule has 4 rings (SSSR count). The average molecular weight is 462 g/mol. The highest BCUT2D eigenvalue weighted by molar-refractivity contribution is 5.97. The second-order valence-corrected chi connectivity index (χ2v) is 9.16. The minimum Gasteiger partial charge on any atom is -0.447 e. The van der Waals surface area contributed by atoms with Crippen LogP contribution in [0.5, 0.6) is 0 Å². The van der Waals surface area contributed by atoms with Gasteiger partial charge in [-0.3, -0.25) is 4.79 Å². The molecule has 0 bridgehead atoms. The Balaban J connectivity index is 1.61. The van der Waals surface area contributed by atoms with E-state index >= 15 is 0 Å². The lowest BCUT2D eigenvalue weighted by Gasteiger charge is -2.24. The minimum atomic E-state index is -0.682. The highest BCUT2D eigenvalue weighted by atomic mass is 16.6. The first-order chi connectivity index (χ1) is 16.4. The molecule has 0 aliphatic carbocycles. The number of benzene rings is 1. The third-order valence-electron chi connectivity index (χ3n) is 6.03. The quantitative estimate of drug-likeness (QED) is 0.520. The van der Waals surface area contributed by atoms with Crippen molar-refractivity contribution >= 4 is 17.8 Å². The summed E-state index contributed by atoms with van der Waals surface area (Å²) in [7, 11) is 0. The molecule has 0 unspecified atom stereocenters. The first-order valence-corrected chi connectivity index (χ1v) is 11.7. The molecule has 8 heteroatoms. The van der Waals surface area contributed by atoms with Crippen LogP contribution in [-0.4, -0.2) is 44.1 Å². The third-order valence-corrected chi connectivity index (χ3v) is 6.03. The molecule has 0 saturated carbocycles. The van der Waals surface area contributed by atoms with Gasteiger partial charge in [0, 0.05) is 24.9 Å². The maximum Gasteiger partial charge on any atom is 0.417 e. The molecule has 8 nitrogen and oxygen atoms in total. The molecule has 1 aromatic carbocycles.